The number of amides is 2. The van der Waals surface area contributed by atoms with E-state index < -0.39 is 18.0 Å². The quantitative estimate of drug-likeness (QED) is 0.772. The van der Waals surface area contributed by atoms with E-state index >= 15 is 0 Å². The van der Waals surface area contributed by atoms with Crippen LogP contribution in [-0.2, 0) is 9.59 Å². The Hall–Kier alpha value is -2.66. The first-order valence-electron chi connectivity index (χ1n) is 9.02. The van der Waals surface area contributed by atoms with Crippen LogP contribution in [0, 0.1) is 0 Å². The highest BCUT2D eigenvalue weighted by atomic mass is 16.2. The number of hydrogen-bond donors (Lipinski definition) is 3. The van der Waals surface area contributed by atoms with Crippen molar-refractivity contribution in [2.45, 2.75) is 43.8 Å². The van der Waals surface area contributed by atoms with Gasteiger partial charge in [0.05, 0.1) is 18.1 Å². The molecule has 0 aromatic heterocycles. The summed E-state index contributed by atoms with van der Waals surface area (Å²) in [5.41, 5.74) is 7.59. The van der Waals surface area contributed by atoms with E-state index in [2.05, 4.69) is 10.6 Å². The van der Waals surface area contributed by atoms with Crippen molar-refractivity contribution in [2.24, 2.45) is 5.73 Å². The number of hydrogen-bond acceptors (Lipinski definition) is 3. The zero-order valence-corrected chi connectivity index (χ0v) is 14.9. The number of nitrogens with one attached hydrogen (secondary N) is 2. The normalized spacial score (nSPS) is 24.3. The maximum atomic E-state index is 13.0. The molecule has 2 aromatic carbocycles. The van der Waals surface area contributed by atoms with Crippen molar-refractivity contribution in [3.63, 3.8) is 0 Å². The molecule has 1 fully saturated rings. The van der Waals surface area contributed by atoms with Crippen molar-refractivity contribution in [1.82, 2.24) is 10.6 Å². The van der Waals surface area contributed by atoms with Crippen LogP contribution in [0.15, 0.2) is 60.7 Å². The van der Waals surface area contributed by atoms with Crippen molar-refractivity contribution in [1.29, 1.82) is 0 Å². The second-order valence-electron chi connectivity index (χ2n) is 6.83. The molecule has 2 amide bonds. The topological polar surface area (TPSA) is 84.2 Å². The van der Waals surface area contributed by atoms with E-state index in [1.807, 2.05) is 60.7 Å². The van der Waals surface area contributed by atoms with Gasteiger partial charge in [-0.15, -0.1) is 0 Å². The van der Waals surface area contributed by atoms with Crippen LogP contribution in [0.5, 0.6) is 0 Å². The molecule has 5 heteroatoms. The fraction of sp³-hybridized carbons (Fsp3) is 0.333. The van der Waals surface area contributed by atoms with Crippen LogP contribution in [0.2, 0.25) is 0 Å². The SMILES string of the molecule is C[C@H](N[C@@H]1C(=O)N[C@H](c2ccccc2)CC[C@@H]1c1ccccc1)C(N)=O. The predicted octanol–water partition coefficient (Wildman–Crippen LogP) is 2.25. The Morgan fingerprint density at radius 2 is 1.62 bits per heavy atom. The standard InChI is InChI=1S/C21H25N3O2/c1-14(20(22)25)23-19-17(15-8-4-2-5-9-15)12-13-18(24-21(19)26)16-10-6-3-7-11-16/h2-11,14,17-19,23H,12-13H2,1H3,(H2,22,25)(H,24,26)/t14-,17+,18-,19-/m0/s1. The van der Waals surface area contributed by atoms with Crippen LogP contribution in [0.25, 0.3) is 0 Å². The van der Waals surface area contributed by atoms with Gasteiger partial charge in [0, 0.05) is 5.92 Å². The lowest BCUT2D eigenvalue weighted by Crippen LogP contribution is -2.53. The lowest BCUT2D eigenvalue weighted by atomic mass is 9.86. The molecule has 0 aliphatic carbocycles. The Morgan fingerprint density at radius 3 is 2.19 bits per heavy atom. The molecule has 1 aliphatic heterocycles. The number of benzene rings is 2. The molecule has 3 rings (SSSR count). The first-order valence-corrected chi connectivity index (χ1v) is 9.02. The summed E-state index contributed by atoms with van der Waals surface area (Å²) >= 11 is 0. The lowest BCUT2D eigenvalue weighted by molar-refractivity contribution is -0.125. The van der Waals surface area contributed by atoms with Gasteiger partial charge in [-0.2, -0.15) is 0 Å². The van der Waals surface area contributed by atoms with Crippen molar-refractivity contribution in [3.05, 3.63) is 71.8 Å². The molecule has 136 valence electrons. The average Bonchev–Trinajstić information content (AvgIpc) is 2.82. The summed E-state index contributed by atoms with van der Waals surface area (Å²) in [4.78, 5) is 24.5. The zero-order valence-electron chi connectivity index (χ0n) is 14.9. The molecular weight excluding hydrogens is 326 g/mol. The molecule has 0 spiro atoms. The van der Waals surface area contributed by atoms with Gasteiger partial charge in [0.25, 0.3) is 0 Å². The third-order valence-electron chi connectivity index (χ3n) is 5.05. The highest BCUT2D eigenvalue weighted by molar-refractivity contribution is 5.85. The minimum absolute atomic E-state index is 0.0216. The molecule has 1 saturated heterocycles. The van der Waals surface area contributed by atoms with Crippen molar-refractivity contribution < 1.29 is 9.59 Å². The van der Waals surface area contributed by atoms with Gasteiger partial charge in [-0.3, -0.25) is 14.9 Å². The van der Waals surface area contributed by atoms with Crippen LogP contribution >= 0.6 is 0 Å². The Bertz CT molecular complexity index is 748. The molecule has 4 atom stereocenters. The van der Waals surface area contributed by atoms with Gasteiger partial charge in [-0.05, 0) is 30.9 Å². The molecule has 26 heavy (non-hydrogen) atoms. The van der Waals surface area contributed by atoms with Crippen LogP contribution in [-0.4, -0.2) is 23.9 Å². The molecule has 2 aromatic rings. The largest absolute Gasteiger partial charge is 0.368 e. The summed E-state index contributed by atoms with van der Waals surface area (Å²) in [6.07, 6.45) is 1.66. The zero-order chi connectivity index (χ0) is 18.5. The third-order valence-corrected chi connectivity index (χ3v) is 5.05. The maximum absolute atomic E-state index is 13.0. The first-order chi connectivity index (χ1) is 12.6. The second-order valence-corrected chi connectivity index (χ2v) is 6.83. The van der Waals surface area contributed by atoms with Crippen molar-refractivity contribution in [2.75, 3.05) is 0 Å². The van der Waals surface area contributed by atoms with E-state index in [0.717, 1.165) is 24.0 Å². The van der Waals surface area contributed by atoms with E-state index in [9.17, 15) is 9.59 Å². The summed E-state index contributed by atoms with van der Waals surface area (Å²) in [5, 5.41) is 6.28. The fourth-order valence-electron chi connectivity index (χ4n) is 3.57. The summed E-state index contributed by atoms with van der Waals surface area (Å²) in [6.45, 7) is 1.69. The fourth-order valence-corrected chi connectivity index (χ4v) is 3.57. The minimum atomic E-state index is -0.578. The molecule has 1 aliphatic rings. The smallest absolute Gasteiger partial charge is 0.238 e. The van der Waals surface area contributed by atoms with Crippen LogP contribution in [0.4, 0.5) is 0 Å². The van der Waals surface area contributed by atoms with Gasteiger partial charge in [-0.1, -0.05) is 60.7 Å². The summed E-state index contributed by atoms with van der Waals surface area (Å²) < 4.78 is 0. The van der Waals surface area contributed by atoms with E-state index in [-0.39, 0.29) is 17.9 Å². The molecular formula is C21H25N3O2. The number of rotatable bonds is 5. The van der Waals surface area contributed by atoms with Gasteiger partial charge in [0.2, 0.25) is 11.8 Å². The van der Waals surface area contributed by atoms with Gasteiger partial charge < -0.3 is 11.1 Å². The molecule has 0 saturated carbocycles. The lowest BCUT2D eigenvalue weighted by Gasteiger charge is -2.27. The Labute approximate surface area is 154 Å². The molecule has 0 unspecified atom stereocenters. The average molecular weight is 351 g/mol. The highest BCUT2D eigenvalue weighted by Crippen LogP contribution is 2.33. The van der Waals surface area contributed by atoms with Crippen molar-refractivity contribution >= 4 is 11.8 Å². The Morgan fingerprint density at radius 1 is 1.04 bits per heavy atom. The molecule has 1 heterocycles. The van der Waals surface area contributed by atoms with Gasteiger partial charge in [0.15, 0.2) is 0 Å². The molecule has 0 bridgehead atoms. The van der Waals surface area contributed by atoms with E-state index in [0.29, 0.717) is 0 Å². The van der Waals surface area contributed by atoms with Crippen molar-refractivity contribution in [3.8, 4) is 0 Å². The number of nitrogens with two attached hydrogens (primary N) is 1. The monoisotopic (exact) mass is 351 g/mol. The van der Waals surface area contributed by atoms with Crippen LogP contribution in [0.1, 0.15) is 42.9 Å². The number of carbonyl (C=O) groups is 2. The van der Waals surface area contributed by atoms with E-state index in [1.165, 1.54) is 0 Å². The summed E-state index contributed by atoms with van der Waals surface area (Å²) in [7, 11) is 0. The number of primary amides is 1. The van der Waals surface area contributed by atoms with Gasteiger partial charge in [-0.25, -0.2) is 0 Å². The van der Waals surface area contributed by atoms with E-state index in [1.54, 1.807) is 6.92 Å². The predicted molar refractivity (Wildman–Crippen MR) is 101 cm³/mol. The Kier molecular flexibility index (Phi) is 5.68. The molecule has 4 N–H and O–H groups in total. The van der Waals surface area contributed by atoms with E-state index in [4.69, 9.17) is 5.73 Å². The molecule has 5 nitrogen and oxygen atoms in total. The minimum Gasteiger partial charge on any atom is -0.368 e. The Balaban J connectivity index is 1.90. The summed E-state index contributed by atoms with van der Waals surface area (Å²) in [5.74, 6) is -0.585. The highest BCUT2D eigenvalue weighted by Gasteiger charge is 2.36. The second kappa shape index (κ2) is 8.15. The maximum Gasteiger partial charge on any atom is 0.238 e. The number of carbonyl (C=O) groups excluding carboxylic acids is 2. The van der Waals surface area contributed by atoms with Crippen LogP contribution < -0.4 is 16.4 Å². The van der Waals surface area contributed by atoms with Gasteiger partial charge in [0.1, 0.15) is 0 Å². The first kappa shape index (κ1) is 18.1. The third kappa shape index (κ3) is 4.11. The van der Waals surface area contributed by atoms with Gasteiger partial charge >= 0.3 is 0 Å². The molecule has 0 radical (unpaired) electrons. The summed E-state index contributed by atoms with van der Waals surface area (Å²) in [6, 6.07) is 18.8. The van der Waals surface area contributed by atoms with Crippen LogP contribution in [0.3, 0.4) is 0 Å².